The number of hydrogen-bond acceptors (Lipinski definition) is 3. The molecule has 0 aliphatic heterocycles. The van der Waals surface area contributed by atoms with Gasteiger partial charge in [-0.25, -0.2) is 0 Å². The van der Waals surface area contributed by atoms with E-state index in [2.05, 4.69) is 9.43 Å². The number of hydrogen-bond donors (Lipinski definition) is 1. The van der Waals surface area contributed by atoms with Crippen LogP contribution in [0, 0.1) is 0 Å². The molecule has 5 heavy (non-hydrogen) atoms. The first-order valence-electron chi connectivity index (χ1n) is 0.765. The van der Waals surface area contributed by atoms with E-state index >= 15 is 0 Å². The first-order chi connectivity index (χ1) is 2.41. The fourth-order valence-electron chi connectivity index (χ4n) is 0.0163. The van der Waals surface area contributed by atoms with Gasteiger partial charge in [0, 0.05) is 4.91 Å². The lowest BCUT2D eigenvalue weighted by Gasteiger charge is -1.57. The Balaban J connectivity index is 2.93. The maximum absolute atomic E-state index is 7.56. The van der Waals surface area contributed by atoms with Gasteiger partial charge in [0.05, 0.1) is 12.2 Å². The van der Waals surface area contributed by atoms with Crippen molar-refractivity contribution >= 4 is 12.2 Å². The van der Waals surface area contributed by atoms with Gasteiger partial charge in [-0.1, -0.05) is 0 Å². The lowest BCUT2D eigenvalue weighted by Crippen LogP contribution is -1.29. The minimum Gasteiger partial charge on any atom is -0.324 e. The van der Waals surface area contributed by atoms with Gasteiger partial charge in [0.2, 0.25) is 0 Å². The Morgan fingerprint density at radius 3 is 2.60 bits per heavy atom. The quantitative estimate of drug-likeness (QED) is 0.174. The van der Waals surface area contributed by atoms with Crippen LogP contribution >= 0.6 is 12.2 Å². The number of rotatable bonds is 1. The monoisotopic (exact) mass is 91.0 g/mol. The van der Waals surface area contributed by atoms with Crippen molar-refractivity contribution in [2.75, 3.05) is 0 Å². The molecule has 5 heteroatoms. The molecule has 0 unspecified atom stereocenters. The summed E-state index contributed by atoms with van der Waals surface area (Å²) < 4.78 is 10.2. The van der Waals surface area contributed by atoms with E-state index in [9.17, 15) is 0 Å². The predicted molar refractivity (Wildman–Crippen MR) is 19.4 cm³/mol. The Morgan fingerprint density at radius 1 is 2.00 bits per heavy atom. The zero-order valence-electron chi connectivity index (χ0n) is 2.20. The summed E-state index contributed by atoms with van der Waals surface area (Å²) in [6, 6.07) is 0. The molecule has 0 radical (unpaired) electrons. The van der Waals surface area contributed by atoms with Crippen LogP contribution in [0.3, 0.4) is 0 Å². The van der Waals surface area contributed by atoms with Crippen LogP contribution in [0.15, 0.2) is 4.52 Å². The highest BCUT2D eigenvalue weighted by Gasteiger charge is 1.53. The molecular weight excluding hydrogens is 90.1 g/mol. The molecule has 0 aliphatic rings. The Hall–Kier alpha value is -0.380. The molecule has 4 nitrogen and oxygen atoms in total. The Bertz CT molecular complexity index is 53.9. The second kappa shape index (κ2) is 3.62. The highest BCUT2D eigenvalue weighted by molar-refractivity contribution is 7.92. The van der Waals surface area contributed by atoms with E-state index in [0.717, 1.165) is 0 Å². The summed E-state index contributed by atoms with van der Waals surface area (Å²) in [5.74, 6) is 0. The zero-order valence-corrected chi connectivity index (χ0v) is 3.01. The van der Waals surface area contributed by atoms with E-state index in [1.54, 1.807) is 0 Å². The summed E-state index contributed by atoms with van der Waals surface area (Å²) in [6.45, 7) is 0. The summed E-state index contributed by atoms with van der Waals surface area (Å²) in [5, 5.41) is 0. The van der Waals surface area contributed by atoms with Gasteiger partial charge >= 0.3 is 0 Å². The van der Waals surface area contributed by atoms with Crippen LogP contribution in [0.1, 0.15) is 0 Å². The van der Waals surface area contributed by atoms with Crippen molar-refractivity contribution in [3.8, 4) is 0 Å². The second-order valence-electron chi connectivity index (χ2n) is 0.253. The first-order valence-corrected chi connectivity index (χ1v) is 1.50. The van der Waals surface area contributed by atoms with Crippen molar-refractivity contribution < 1.29 is 4.55 Å². The summed E-state index contributed by atoms with van der Waals surface area (Å²) in [6.07, 6.45) is 0. The van der Waals surface area contributed by atoms with Crippen LogP contribution in [-0.4, -0.2) is 4.55 Å². The molecule has 0 atom stereocenters. The number of nitrogens with zero attached hydrogens (tertiary/aromatic N) is 3. The summed E-state index contributed by atoms with van der Waals surface area (Å²) >= 11 is 0.110. The van der Waals surface area contributed by atoms with Crippen molar-refractivity contribution in [1.29, 1.82) is 0 Å². The molecule has 0 amide bonds. The minimum atomic E-state index is 0.110. The van der Waals surface area contributed by atoms with E-state index < -0.39 is 0 Å². The highest BCUT2D eigenvalue weighted by atomic mass is 32.2. The predicted octanol–water partition coefficient (Wildman–Crippen LogP) is 1.42. The third-order valence-electron chi connectivity index (χ3n) is 0.0730. The number of azide groups is 1. The van der Waals surface area contributed by atoms with Crippen LogP contribution in [0.4, 0.5) is 0 Å². The Morgan fingerprint density at radius 2 is 2.60 bits per heavy atom. The molecule has 1 N–H and O–H groups in total. The molecule has 28 valence electrons. The summed E-state index contributed by atoms with van der Waals surface area (Å²) in [5.41, 5.74) is 7.34. The molecule has 0 saturated heterocycles. The fraction of sp³-hybridized carbons (Fsp3) is 0. The van der Waals surface area contributed by atoms with Crippen LogP contribution in [-0.2, 0) is 0 Å². The second-order valence-corrected chi connectivity index (χ2v) is 0.579. The SMILES string of the molecule is [N-]=[N+]=NSO. The topological polar surface area (TPSA) is 69.0 Å². The molecule has 0 heterocycles. The van der Waals surface area contributed by atoms with Gasteiger partial charge in [0.15, 0.2) is 0 Å². The summed E-state index contributed by atoms with van der Waals surface area (Å²) in [7, 11) is 0. The molecule has 0 bridgehead atoms. The van der Waals surface area contributed by atoms with Crippen molar-refractivity contribution in [3.63, 3.8) is 0 Å². The van der Waals surface area contributed by atoms with E-state index in [1.165, 1.54) is 0 Å². The molecule has 0 rings (SSSR count). The van der Waals surface area contributed by atoms with Gasteiger partial charge in [-0.2, -0.15) is 0 Å². The van der Waals surface area contributed by atoms with E-state index in [0.29, 0.717) is 0 Å². The van der Waals surface area contributed by atoms with Gasteiger partial charge in [0.25, 0.3) is 0 Å². The molecular formula is HN3OS. The maximum atomic E-state index is 7.56. The molecule has 0 spiro atoms. The fourth-order valence-corrected chi connectivity index (χ4v) is 0.0490. The normalized spacial score (nSPS) is 5.80. The standard InChI is InChI=1S/HN3OS/c1-2-3-5-4/h4H. The molecule has 0 aromatic heterocycles. The van der Waals surface area contributed by atoms with Gasteiger partial charge in [-0.05, 0) is 10.1 Å². The lowest BCUT2D eigenvalue weighted by atomic mass is 13.0. The summed E-state index contributed by atoms with van der Waals surface area (Å²) in [4.78, 5) is 2.19. The van der Waals surface area contributed by atoms with E-state index in [4.69, 9.17) is 10.1 Å². The van der Waals surface area contributed by atoms with E-state index in [1.807, 2.05) is 0 Å². The van der Waals surface area contributed by atoms with Gasteiger partial charge in [-0.3, -0.25) is 0 Å². The minimum absolute atomic E-state index is 0.110. The molecule has 0 aromatic carbocycles. The Labute approximate surface area is 32.8 Å². The van der Waals surface area contributed by atoms with Crippen LogP contribution in [0.25, 0.3) is 10.4 Å². The lowest BCUT2D eigenvalue weighted by molar-refractivity contribution is 0.665. The van der Waals surface area contributed by atoms with Crippen molar-refractivity contribution in [3.05, 3.63) is 10.4 Å². The third-order valence-corrected chi connectivity index (χ3v) is 0.219. The zero-order chi connectivity index (χ0) is 4.12. The molecule has 0 aromatic rings. The molecule has 0 saturated carbocycles. The van der Waals surface area contributed by atoms with Crippen molar-refractivity contribution in [2.45, 2.75) is 0 Å². The first kappa shape index (κ1) is 4.62. The molecule has 0 aliphatic carbocycles. The average molecular weight is 91.1 g/mol. The van der Waals surface area contributed by atoms with Crippen LogP contribution in [0.2, 0.25) is 0 Å². The average Bonchev–Trinajstić information content (AvgIpc) is 1.41. The Kier molecular flexibility index (Phi) is 3.34. The molecule has 0 fully saturated rings. The van der Waals surface area contributed by atoms with Crippen LogP contribution < -0.4 is 0 Å². The maximum Gasteiger partial charge on any atom is 0.0868 e. The van der Waals surface area contributed by atoms with Gasteiger partial charge in [0.1, 0.15) is 0 Å². The van der Waals surface area contributed by atoms with Crippen molar-refractivity contribution in [1.82, 2.24) is 0 Å². The third kappa shape index (κ3) is 3.62. The smallest absolute Gasteiger partial charge is 0.0868 e. The van der Waals surface area contributed by atoms with E-state index in [-0.39, 0.29) is 12.2 Å². The van der Waals surface area contributed by atoms with Gasteiger partial charge < -0.3 is 4.55 Å². The van der Waals surface area contributed by atoms with Crippen molar-refractivity contribution in [2.24, 2.45) is 4.52 Å². The van der Waals surface area contributed by atoms with Crippen LogP contribution in [0.5, 0.6) is 0 Å². The van der Waals surface area contributed by atoms with Gasteiger partial charge in [-0.15, -0.1) is 0 Å². The highest BCUT2D eigenvalue weighted by Crippen LogP contribution is 1.88. The largest absolute Gasteiger partial charge is 0.324 e.